The summed E-state index contributed by atoms with van der Waals surface area (Å²) >= 11 is 0. The average molecular weight is 234 g/mol. The van der Waals surface area contributed by atoms with E-state index in [4.69, 9.17) is 0 Å². The number of rotatable bonds is 9. The molecule has 0 aliphatic rings. The highest BCUT2D eigenvalue weighted by atomic mass is 16.3. The van der Waals surface area contributed by atoms with E-state index in [9.17, 15) is 5.11 Å². The number of hydrogen-bond acceptors (Lipinski definition) is 1. The molecule has 0 aliphatic heterocycles. The van der Waals surface area contributed by atoms with Crippen LogP contribution in [0.25, 0.3) is 0 Å². The number of aliphatic hydroxyl groups is 1. The van der Waals surface area contributed by atoms with Gasteiger partial charge in [0, 0.05) is 12.5 Å². The van der Waals surface area contributed by atoms with Crippen molar-refractivity contribution in [1.29, 1.82) is 0 Å². The quantitative estimate of drug-likeness (QED) is 0.623. The monoisotopic (exact) mass is 234 g/mol. The van der Waals surface area contributed by atoms with Crippen LogP contribution in [0.1, 0.15) is 63.4 Å². The molecule has 0 saturated heterocycles. The summed E-state index contributed by atoms with van der Waals surface area (Å²) in [6.45, 7) is 2.52. The van der Waals surface area contributed by atoms with E-state index < -0.39 is 0 Å². The van der Waals surface area contributed by atoms with Crippen LogP contribution in [0.4, 0.5) is 0 Å². The first-order valence-corrected chi connectivity index (χ1v) is 7.04. The predicted octanol–water partition coefficient (Wildman–Crippen LogP) is 4.51. The van der Waals surface area contributed by atoms with Gasteiger partial charge < -0.3 is 5.11 Å². The molecule has 1 atom stereocenters. The number of unbranched alkanes of at least 4 members (excludes halogenated alkanes) is 5. The lowest BCUT2D eigenvalue weighted by atomic mass is 9.94. The van der Waals surface area contributed by atoms with Gasteiger partial charge in [0.25, 0.3) is 0 Å². The topological polar surface area (TPSA) is 20.2 Å². The van der Waals surface area contributed by atoms with Crippen LogP contribution in [0.5, 0.6) is 0 Å². The molecule has 17 heavy (non-hydrogen) atoms. The summed E-state index contributed by atoms with van der Waals surface area (Å²) in [4.78, 5) is 0. The standard InChI is InChI=1S/C16H26O/c1-2-3-4-5-6-8-13-16(14-17)15-11-9-7-10-12-15/h7,9-12,16-17H,2-6,8,13-14H2,1H3. The molecule has 1 aromatic carbocycles. The van der Waals surface area contributed by atoms with Crippen LogP contribution >= 0.6 is 0 Å². The Hall–Kier alpha value is -0.820. The molecule has 1 rings (SSSR count). The van der Waals surface area contributed by atoms with Gasteiger partial charge >= 0.3 is 0 Å². The van der Waals surface area contributed by atoms with E-state index in [0.29, 0.717) is 5.92 Å². The van der Waals surface area contributed by atoms with Gasteiger partial charge in [-0.2, -0.15) is 0 Å². The van der Waals surface area contributed by atoms with Gasteiger partial charge in [0.1, 0.15) is 0 Å². The van der Waals surface area contributed by atoms with E-state index in [1.165, 1.54) is 44.1 Å². The molecule has 0 saturated carbocycles. The third-order valence-corrected chi connectivity index (χ3v) is 3.40. The molecule has 0 spiro atoms. The number of benzene rings is 1. The molecular formula is C16H26O. The van der Waals surface area contributed by atoms with E-state index in [-0.39, 0.29) is 6.61 Å². The molecule has 1 N–H and O–H groups in total. The van der Waals surface area contributed by atoms with Gasteiger partial charge in [0.05, 0.1) is 0 Å². The Morgan fingerprint density at radius 2 is 1.59 bits per heavy atom. The van der Waals surface area contributed by atoms with Crippen molar-refractivity contribution in [2.24, 2.45) is 0 Å². The summed E-state index contributed by atoms with van der Waals surface area (Å²) < 4.78 is 0. The molecule has 1 unspecified atom stereocenters. The molecule has 0 fully saturated rings. The second-order valence-corrected chi connectivity index (χ2v) is 4.85. The number of aliphatic hydroxyl groups excluding tert-OH is 1. The molecule has 0 radical (unpaired) electrons. The summed E-state index contributed by atoms with van der Waals surface area (Å²) in [6, 6.07) is 10.4. The predicted molar refractivity (Wildman–Crippen MR) is 74.3 cm³/mol. The van der Waals surface area contributed by atoms with E-state index in [0.717, 1.165) is 6.42 Å². The van der Waals surface area contributed by atoms with Crippen molar-refractivity contribution in [2.45, 2.75) is 57.8 Å². The molecule has 1 aromatic rings. The molecular weight excluding hydrogens is 208 g/mol. The van der Waals surface area contributed by atoms with Crippen molar-refractivity contribution in [2.75, 3.05) is 6.61 Å². The zero-order chi connectivity index (χ0) is 12.3. The van der Waals surface area contributed by atoms with E-state index >= 15 is 0 Å². The summed E-state index contributed by atoms with van der Waals surface area (Å²) in [6.07, 6.45) is 9.05. The third-order valence-electron chi connectivity index (χ3n) is 3.40. The Balaban J connectivity index is 2.20. The molecule has 1 nitrogen and oxygen atoms in total. The minimum Gasteiger partial charge on any atom is -0.396 e. The normalized spacial score (nSPS) is 12.6. The third kappa shape index (κ3) is 5.88. The summed E-state index contributed by atoms with van der Waals surface area (Å²) in [7, 11) is 0. The zero-order valence-electron chi connectivity index (χ0n) is 11.1. The lowest BCUT2D eigenvalue weighted by Gasteiger charge is -2.14. The zero-order valence-corrected chi connectivity index (χ0v) is 11.1. The van der Waals surface area contributed by atoms with Crippen LogP contribution in [0.2, 0.25) is 0 Å². The fourth-order valence-corrected chi connectivity index (χ4v) is 2.26. The van der Waals surface area contributed by atoms with Gasteiger partial charge in [-0.05, 0) is 12.0 Å². The van der Waals surface area contributed by atoms with Crippen LogP contribution in [-0.2, 0) is 0 Å². The van der Waals surface area contributed by atoms with Crippen molar-refractivity contribution >= 4 is 0 Å². The minimum absolute atomic E-state index is 0.277. The van der Waals surface area contributed by atoms with Gasteiger partial charge in [-0.1, -0.05) is 75.8 Å². The molecule has 0 amide bonds. The van der Waals surface area contributed by atoms with E-state index in [1.54, 1.807) is 0 Å². The first-order valence-electron chi connectivity index (χ1n) is 7.04. The molecule has 0 bridgehead atoms. The Bertz CT molecular complexity index is 268. The van der Waals surface area contributed by atoms with Crippen molar-refractivity contribution < 1.29 is 5.11 Å². The molecule has 96 valence electrons. The highest BCUT2D eigenvalue weighted by Crippen LogP contribution is 2.22. The molecule has 0 aliphatic carbocycles. The summed E-state index contributed by atoms with van der Waals surface area (Å²) in [5.41, 5.74) is 1.28. The van der Waals surface area contributed by atoms with Crippen LogP contribution in [0.15, 0.2) is 30.3 Å². The van der Waals surface area contributed by atoms with E-state index in [2.05, 4.69) is 31.2 Å². The van der Waals surface area contributed by atoms with Gasteiger partial charge in [0.15, 0.2) is 0 Å². The van der Waals surface area contributed by atoms with Crippen molar-refractivity contribution in [3.05, 3.63) is 35.9 Å². The fourth-order valence-electron chi connectivity index (χ4n) is 2.26. The van der Waals surface area contributed by atoms with Crippen molar-refractivity contribution in [3.8, 4) is 0 Å². The summed E-state index contributed by atoms with van der Waals surface area (Å²) in [5.74, 6) is 0.336. The average Bonchev–Trinajstić information content (AvgIpc) is 2.39. The highest BCUT2D eigenvalue weighted by molar-refractivity contribution is 5.19. The maximum atomic E-state index is 9.42. The minimum atomic E-state index is 0.277. The summed E-state index contributed by atoms with van der Waals surface area (Å²) in [5, 5.41) is 9.42. The smallest absolute Gasteiger partial charge is 0.0499 e. The lowest BCUT2D eigenvalue weighted by molar-refractivity contribution is 0.256. The fraction of sp³-hybridized carbons (Fsp3) is 0.625. The van der Waals surface area contributed by atoms with Gasteiger partial charge in [-0.3, -0.25) is 0 Å². The molecule has 0 heterocycles. The first-order chi connectivity index (χ1) is 8.38. The van der Waals surface area contributed by atoms with Crippen LogP contribution in [0.3, 0.4) is 0 Å². The molecule has 0 aromatic heterocycles. The van der Waals surface area contributed by atoms with Crippen LogP contribution in [0, 0.1) is 0 Å². The van der Waals surface area contributed by atoms with Crippen LogP contribution in [-0.4, -0.2) is 11.7 Å². The Kier molecular flexibility index (Phi) is 7.74. The van der Waals surface area contributed by atoms with Crippen LogP contribution < -0.4 is 0 Å². The Morgan fingerprint density at radius 1 is 0.941 bits per heavy atom. The maximum absolute atomic E-state index is 9.42. The molecule has 1 heteroatoms. The van der Waals surface area contributed by atoms with E-state index in [1.807, 2.05) is 6.07 Å². The second-order valence-electron chi connectivity index (χ2n) is 4.85. The van der Waals surface area contributed by atoms with Crippen molar-refractivity contribution in [3.63, 3.8) is 0 Å². The lowest BCUT2D eigenvalue weighted by Crippen LogP contribution is -2.03. The largest absolute Gasteiger partial charge is 0.396 e. The first kappa shape index (κ1) is 14.2. The second kappa shape index (κ2) is 9.23. The highest BCUT2D eigenvalue weighted by Gasteiger charge is 2.08. The maximum Gasteiger partial charge on any atom is 0.0499 e. The van der Waals surface area contributed by atoms with Gasteiger partial charge in [-0.15, -0.1) is 0 Å². The Morgan fingerprint density at radius 3 is 2.24 bits per heavy atom. The SMILES string of the molecule is CCCCCCCCC(CO)c1ccccc1. The van der Waals surface area contributed by atoms with Gasteiger partial charge in [-0.25, -0.2) is 0 Å². The van der Waals surface area contributed by atoms with Crippen molar-refractivity contribution in [1.82, 2.24) is 0 Å². The Labute approximate surface area is 106 Å². The number of hydrogen-bond donors (Lipinski definition) is 1. The van der Waals surface area contributed by atoms with Gasteiger partial charge in [0.2, 0.25) is 0 Å².